The molecule has 2 aromatic heterocycles. The van der Waals surface area contributed by atoms with E-state index in [9.17, 15) is 4.79 Å². The van der Waals surface area contributed by atoms with E-state index in [2.05, 4.69) is 28.9 Å². The van der Waals surface area contributed by atoms with E-state index < -0.39 is 0 Å². The minimum Gasteiger partial charge on any atom is -0.265 e. The Morgan fingerprint density at radius 2 is 1.77 bits per heavy atom. The Bertz CT molecular complexity index is 1170. The number of aromatic nitrogens is 4. The van der Waals surface area contributed by atoms with E-state index in [4.69, 9.17) is 11.6 Å². The summed E-state index contributed by atoms with van der Waals surface area (Å²) < 4.78 is 1.57. The standard InChI is InChI=1S/C20H17ClN4O/c1-12(2)13-7-9-14(10-8-13)18-20(26)23-19-15-5-3-4-6-16(15)22-17(11-21)25(19)24-18/h3-10,12H,11H2,1-2H3. The highest BCUT2D eigenvalue weighted by atomic mass is 35.5. The smallest absolute Gasteiger partial charge is 0.265 e. The van der Waals surface area contributed by atoms with Crippen molar-refractivity contribution in [2.24, 2.45) is 0 Å². The fourth-order valence-electron chi connectivity index (χ4n) is 2.98. The van der Waals surface area contributed by atoms with Gasteiger partial charge in [-0.2, -0.15) is 14.6 Å². The summed E-state index contributed by atoms with van der Waals surface area (Å²) in [7, 11) is 0. The lowest BCUT2D eigenvalue weighted by Crippen LogP contribution is -2.18. The SMILES string of the molecule is CC(C)c1ccc(-c2nn3c(CCl)nc4ccccc4c3nc2=O)cc1. The van der Waals surface area contributed by atoms with Crippen LogP contribution in [0, 0.1) is 0 Å². The van der Waals surface area contributed by atoms with Gasteiger partial charge in [0.15, 0.2) is 11.3 Å². The maximum Gasteiger partial charge on any atom is 0.300 e. The number of nitrogens with zero attached hydrogens (tertiary/aromatic N) is 4. The third-order valence-corrected chi connectivity index (χ3v) is 4.66. The molecule has 0 bridgehead atoms. The van der Waals surface area contributed by atoms with E-state index in [1.165, 1.54) is 5.56 Å². The van der Waals surface area contributed by atoms with Crippen molar-refractivity contribution in [3.8, 4) is 11.3 Å². The van der Waals surface area contributed by atoms with Crippen LogP contribution < -0.4 is 5.56 Å². The van der Waals surface area contributed by atoms with Crippen molar-refractivity contribution < 1.29 is 0 Å². The number of hydrogen-bond acceptors (Lipinski definition) is 4. The number of halogens is 1. The van der Waals surface area contributed by atoms with Gasteiger partial charge in [0.05, 0.1) is 11.4 Å². The molecule has 0 fully saturated rings. The largest absolute Gasteiger partial charge is 0.300 e. The molecular formula is C20H17ClN4O. The summed E-state index contributed by atoms with van der Waals surface area (Å²) in [5, 5.41) is 5.31. The van der Waals surface area contributed by atoms with E-state index in [-0.39, 0.29) is 11.4 Å². The summed E-state index contributed by atoms with van der Waals surface area (Å²) in [6.45, 7) is 4.26. The van der Waals surface area contributed by atoms with Gasteiger partial charge >= 0.3 is 0 Å². The number of fused-ring (bicyclic) bond motifs is 3. The molecule has 130 valence electrons. The predicted molar refractivity (Wildman–Crippen MR) is 104 cm³/mol. The Kier molecular flexibility index (Phi) is 4.17. The van der Waals surface area contributed by atoms with Gasteiger partial charge < -0.3 is 0 Å². The Hall–Kier alpha value is -2.79. The summed E-state index contributed by atoms with van der Waals surface area (Å²) >= 11 is 6.07. The maximum atomic E-state index is 12.7. The molecule has 0 saturated heterocycles. The van der Waals surface area contributed by atoms with Crippen molar-refractivity contribution in [3.63, 3.8) is 0 Å². The van der Waals surface area contributed by atoms with Crippen molar-refractivity contribution in [1.82, 2.24) is 19.6 Å². The molecule has 2 heterocycles. The van der Waals surface area contributed by atoms with Gasteiger partial charge in [-0.25, -0.2) is 4.98 Å². The summed E-state index contributed by atoms with van der Waals surface area (Å²) in [5.74, 6) is 1.14. The zero-order valence-corrected chi connectivity index (χ0v) is 15.2. The lowest BCUT2D eigenvalue weighted by molar-refractivity contribution is 0.819. The van der Waals surface area contributed by atoms with Crippen molar-refractivity contribution in [2.75, 3.05) is 0 Å². The van der Waals surface area contributed by atoms with Gasteiger partial charge in [0.25, 0.3) is 5.56 Å². The van der Waals surface area contributed by atoms with Gasteiger partial charge in [-0.3, -0.25) is 4.79 Å². The molecule has 0 unspecified atom stereocenters. The summed E-state index contributed by atoms with van der Waals surface area (Å²) in [4.78, 5) is 21.5. The fraction of sp³-hybridized carbons (Fsp3) is 0.200. The molecule has 2 aromatic carbocycles. The molecule has 0 N–H and O–H groups in total. The molecule has 0 aliphatic rings. The van der Waals surface area contributed by atoms with Crippen LogP contribution in [-0.4, -0.2) is 19.6 Å². The Morgan fingerprint density at radius 3 is 2.46 bits per heavy atom. The second kappa shape index (κ2) is 6.50. The quantitative estimate of drug-likeness (QED) is 0.404. The van der Waals surface area contributed by atoms with Gasteiger partial charge in [-0.15, -0.1) is 11.6 Å². The molecule has 0 amide bonds. The number of para-hydroxylation sites is 1. The van der Waals surface area contributed by atoms with Crippen LogP contribution in [0.1, 0.15) is 31.2 Å². The molecule has 0 atom stereocenters. The van der Waals surface area contributed by atoms with Gasteiger partial charge in [-0.05, 0) is 23.6 Å². The second-order valence-electron chi connectivity index (χ2n) is 6.46. The lowest BCUT2D eigenvalue weighted by atomic mass is 10.0. The van der Waals surface area contributed by atoms with Gasteiger partial charge in [0, 0.05) is 10.9 Å². The zero-order valence-electron chi connectivity index (χ0n) is 14.5. The first kappa shape index (κ1) is 16.7. The van der Waals surface area contributed by atoms with E-state index in [0.717, 1.165) is 16.5 Å². The number of rotatable bonds is 3. The Labute approximate surface area is 155 Å². The van der Waals surface area contributed by atoms with Crippen molar-refractivity contribution in [2.45, 2.75) is 25.6 Å². The van der Waals surface area contributed by atoms with Crippen LogP contribution in [0.2, 0.25) is 0 Å². The summed E-state index contributed by atoms with van der Waals surface area (Å²) in [5.41, 5.74) is 3.08. The summed E-state index contributed by atoms with van der Waals surface area (Å²) in [6.07, 6.45) is 0. The Balaban J connectivity index is 1.99. The predicted octanol–water partition coefficient (Wildman–Crippen LogP) is 4.17. The molecule has 0 spiro atoms. The minimum atomic E-state index is -0.362. The first-order valence-electron chi connectivity index (χ1n) is 8.43. The van der Waals surface area contributed by atoms with Gasteiger partial charge in [0.1, 0.15) is 5.82 Å². The maximum absolute atomic E-state index is 12.7. The van der Waals surface area contributed by atoms with Crippen LogP contribution in [0.4, 0.5) is 0 Å². The highest BCUT2D eigenvalue weighted by Gasteiger charge is 2.14. The first-order valence-corrected chi connectivity index (χ1v) is 8.97. The number of benzene rings is 2. The van der Waals surface area contributed by atoms with E-state index in [0.29, 0.717) is 23.1 Å². The van der Waals surface area contributed by atoms with Crippen LogP contribution in [0.25, 0.3) is 27.8 Å². The van der Waals surface area contributed by atoms with Gasteiger partial charge in [-0.1, -0.05) is 50.2 Å². The van der Waals surface area contributed by atoms with E-state index >= 15 is 0 Å². The molecule has 4 aromatic rings. The minimum absolute atomic E-state index is 0.171. The van der Waals surface area contributed by atoms with Crippen LogP contribution in [0.3, 0.4) is 0 Å². The van der Waals surface area contributed by atoms with E-state index in [1.807, 2.05) is 48.5 Å². The average Bonchev–Trinajstić information content (AvgIpc) is 2.67. The Morgan fingerprint density at radius 1 is 1.04 bits per heavy atom. The van der Waals surface area contributed by atoms with Crippen LogP contribution in [0.15, 0.2) is 53.3 Å². The van der Waals surface area contributed by atoms with Crippen LogP contribution in [-0.2, 0) is 5.88 Å². The molecular weight excluding hydrogens is 348 g/mol. The highest BCUT2D eigenvalue weighted by molar-refractivity contribution is 6.16. The molecule has 0 saturated carbocycles. The monoisotopic (exact) mass is 364 g/mol. The molecule has 0 aliphatic carbocycles. The normalized spacial score (nSPS) is 11.5. The number of hydrogen-bond donors (Lipinski definition) is 0. The highest BCUT2D eigenvalue weighted by Crippen LogP contribution is 2.21. The van der Waals surface area contributed by atoms with Crippen molar-refractivity contribution >= 4 is 28.2 Å². The number of alkyl halides is 1. The molecule has 4 rings (SSSR count). The molecule has 0 aliphatic heterocycles. The van der Waals surface area contributed by atoms with Crippen LogP contribution >= 0.6 is 11.6 Å². The second-order valence-corrected chi connectivity index (χ2v) is 6.72. The fourth-order valence-corrected chi connectivity index (χ4v) is 3.15. The lowest BCUT2D eigenvalue weighted by Gasteiger charge is -2.10. The molecule has 6 heteroatoms. The topological polar surface area (TPSA) is 60.1 Å². The molecule has 26 heavy (non-hydrogen) atoms. The third-order valence-electron chi connectivity index (χ3n) is 4.42. The third kappa shape index (κ3) is 2.74. The first-order chi connectivity index (χ1) is 12.6. The van der Waals surface area contributed by atoms with Crippen LogP contribution in [0.5, 0.6) is 0 Å². The average molecular weight is 365 g/mol. The molecule has 5 nitrogen and oxygen atoms in total. The van der Waals surface area contributed by atoms with Gasteiger partial charge in [0.2, 0.25) is 0 Å². The van der Waals surface area contributed by atoms with E-state index in [1.54, 1.807) is 4.52 Å². The van der Waals surface area contributed by atoms with Crippen molar-refractivity contribution in [1.29, 1.82) is 0 Å². The summed E-state index contributed by atoms with van der Waals surface area (Å²) in [6, 6.07) is 15.4. The zero-order chi connectivity index (χ0) is 18.3. The van der Waals surface area contributed by atoms with Crippen molar-refractivity contribution in [3.05, 3.63) is 70.3 Å². The molecule has 0 radical (unpaired) electrons.